The van der Waals surface area contributed by atoms with E-state index < -0.39 is 6.55 Å². The van der Waals surface area contributed by atoms with E-state index in [9.17, 15) is 8.78 Å². The minimum Gasteiger partial charge on any atom is -0.356 e. The standard InChI is InChI=1S/C17H23F2N5.HI/c1-12-8-13(2)10-14(9-12)4-5-22-17(20-3)23-11-15-21-6-7-24(15)16(18)19;/h6-10,16H,4-5,11H2,1-3H3,(H2,20,22,23);1H. The molecule has 0 aliphatic rings. The first kappa shape index (κ1) is 21.3. The normalized spacial score (nSPS) is 11.4. The van der Waals surface area contributed by atoms with Crippen LogP contribution in [0.1, 0.15) is 29.1 Å². The maximum absolute atomic E-state index is 12.8. The molecule has 8 heteroatoms. The number of aliphatic imine (C=N–C) groups is 1. The third kappa shape index (κ3) is 6.60. The van der Waals surface area contributed by atoms with Crippen molar-refractivity contribution < 1.29 is 8.78 Å². The SMILES string of the molecule is CN=C(NCCc1cc(C)cc(C)c1)NCc1nccn1C(F)F.I. The van der Waals surface area contributed by atoms with E-state index in [0.29, 0.717) is 12.5 Å². The van der Waals surface area contributed by atoms with E-state index >= 15 is 0 Å². The molecule has 1 heterocycles. The summed E-state index contributed by atoms with van der Waals surface area (Å²) in [7, 11) is 1.64. The molecule has 0 aliphatic carbocycles. The van der Waals surface area contributed by atoms with E-state index in [1.165, 1.54) is 29.1 Å². The first-order chi connectivity index (χ1) is 11.5. The molecular formula is C17H24F2IN5. The summed E-state index contributed by atoms with van der Waals surface area (Å²) in [6, 6.07) is 6.46. The average molecular weight is 463 g/mol. The summed E-state index contributed by atoms with van der Waals surface area (Å²) in [4.78, 5) is 8.03. The number of aromatic nitrogens is 2. The van der Waals surface area contributed by atoms with E-state index in [2.05, 4.69) is 52.7 Å². The molecule has 0 unspecified atom stereocenters. The summed E-state index contributed by atoms with van der Waals surface area (Å²) < 4.78 is 26.4. The van der Waals surface area contributed by atoms with Crippen LogP contribution in [-0.2, 0) is 13.0 Å². The summed E-state index contributed by atoms with van der Waals surface area (Å²) in [6.07, 6.45) is 3.48. The average Bonchev–Trinajstić information content (AvgIpc) is 2.98. The maximum atomic E-state index is 12.8. The highest BCUT2D eigenvalue weighted by Gasteiger charge is 2.11. The number of aryl methyl sites for hydroxylation is 2. The summed E-state index contributed by atoms with van der Waals surface area (Å²) >= 11 is 0. The number of rotatable bonds is 6. The third-order valence-electron chi connectivity index (χ3n) is 3.58. The highest BCUT2D eigenvalue weighted by molar-refractivity contribution is 14.0. The number of hydrogen-bond acceptors (Lipinski definition) is 2. The molecule has 25 heavy (non-hydrogen) atoms. The number of halogens is 3. The lowest BCUT2D eigenvalue weighted by Gasteiger charge is -2.13. The van der Waals surface area contributed by atoms with Gasteiger partial charge in [-0.2, -0.15) is 8.78 Å². The summed E-state index contributed by atoms with van der Waals surface area (Å²) in [5, 5.41) is 6.18. The highest BCUT2D eigenvalue weighted by Crippen LogP contribution is 2.12. The fraction of sp³-hybridized carbons (Fsp3) is 0.412. The van der Waals surface area contributed by atoms with Crippen LogP contribution in [-0.4, -0.2) is 29.1 Å². The van der Waals surface area contributed by atoms with Gasteiger partial charge in [0.1, 0.15) is 5.82 Å². The molecular weight excluding hydrogens is 439 g/mol. The van der Waals surface area contributed by atoms with Gasteiger partial charge in [0.25, 0.3) is 0 Å². The van der Waals surface area contributed by atoms with Crippen LogP contribution in [0.4, 0.5) is 8.78 Å². The first-order valence-electron chi connectivity index (χ1n) is 7.81. The summed E-state index contributed by atoms with van der Waals surface area (Å²) in [5.74, 6) is 0.824. The van der Waals surface area contributed by atoms with E-state index in [4.69, 9.17) is 0 Å². The van der Waals surface area contributed by atoms with E-state index in [1.54, 1.807) is 7.05 Å². The van der Waals surface area contributed by atoms with Crippen LogP contribution in [0.5, 0.6) is 0 Å². The van der Waals surface area contributed by atoms with Crippen LogP contribution in [0.3, 0.4) is 0 Å². The van der Waals surface area contributed by atoms with Crippen molar-refractivity contribution in [2.75, 3.05) is 13.6 Å². The van der Waals surface area contributed by atoms with Crippen molar-refractivity contribution in [1.82, 2.24) is 20.2 Å². The van der Waals surface area contributed by atoms with E-state index in [-0.39, 0.29) is 36.3 Å². The number of guanidine groups is 1. The van der Waals surface area contributed by atoms with Crippen molar-refractivity contribution in [3.63, 3.8) is 0 Å². The number of nitrogens with zero attached hydrogens (tertiary/aromatic N) is 3. The third-order valence-corrected chi connectivity index (χ3v) is 3.58. The predicted molar refractivity (Wildman–Crippen MR) is 107 cm³/mol. The fourth-order valence-corrected chi connectivity index (χ4v) is 2.58. The lowest BCUT2D eigenvalue weighted by atomic mass is 10.1. The van der Waals surface area contributed by atoms with Crippen molar-refractivity contribution in [1.29, 1.82) is 0 Å². The smallest absolute Gasteiger partial charge is 0.319 e. The van der Waals surface area contributed by atoms with Gasteiger partial charge >= 0.3 is 6.55 Å². The van der Waals surface area contributed by atoms with Gasteiger partial charge < -0.3 is 10.6 Å². The van der Waals surface area contributed by atoms with Gasteiger partial charge in [-0.15, -0.1) is 24.0 Å². The Morgan fingerprint density at radius 1 is 1.20 bits per heavy atom. The molecule has 0 saturated carbocycles. The Balaban J connectivity index is 0.00000312. The monoisotopic (exact) mass is 463 g/mol. The zero-order valence-corrected chi connectivity index (χ0v) is 16.9. The highest BCUT2D eigenvalue weighted by atomic mass is 127. The molecule has 2 N–H and O–H groups in total. The molecule has 138 valence electrons. The minimum atomic E-state index is -2.59. The number of alkyl halides is 2. The van der Waals surface area contributed by atoms with Gasteiger partial charge in [-0.25, -0.2) is 4.98 Å². The van der Waals surface area contributed by atoms with Crippen molar-refractivity contribution in [2.24, 2.45) is 4.99 Å². The van der Waals surface area contributed by atoms with Crippen LogP contribution in [0.25, 0.3) is 0 Å². The maximum Gasteiger partial charge on any atom is 0.319 e. The van der Waals surface area contributed by atoms with Crippen molar-refractivity contribution in [3.05, 3.63) is 53.1 Å². The van der Waals surface area contributed by atoms with Gasteiger partial charge in [0.2, 0.25) is 0 Å². The van der Waals surface area contributed by atoms with E-state index in [1.807, 2.05) is 0 Å². The van der Waals surface area contributed by atoms with Crippen molar-refractivity contribution >= 4 is 29.9 Å². The van der Waals surface area contributed by atoms with Gasteiger partial charge in [0, 0.05) is 26.0 Å². The molecule has 0 atom stereocenters. The second kappa shape index (κ2) is 10.3. The number of hydrogen-bond donors (Lipinski definition) is 2. The zero-order valence-electron chi connectivity index (χ0n) is 14.6. The number of nitrogens with one attached hydrogen (secondary N) is 2. The molecule has 0 spiro atoms. The predicted octanol–water partition coefficient (Wildman–Crippen LogP) is 3.42. The summed E-state index contributed by atoms with van der Waals surface area (Å²) in [5.41, 5.74) is 3.74. The fourth-order valence-electron chi connectivity index (χ4n) is 2.58. The van der Waals surface area contributed by atoms with Crippen LogP contribution >= 0.6 is 24.0 Å². The molecule has 0 saturated heterocycles. The van der Waals surface area contributed by atoms with Crippen molar-refractivity contribution in [3.8, 4) is 0 Å². The Labute approximate surface area is 164 Å². The second-order valence-electron chi connectivity index (χ2n) is 5.63. The Hall–Kier alpha value is -1.71. The number of benzene rings is 1. The molecule has 2 rings (SSSR count). The van der Waals surface area contributed by atoms with Gasteiger partial charge in [-0.1, -0.05) is 29.3 Å². The zero-order chi connectivity index (χ0) is 17.5. The molecule has 0 amide bonds. The molecule has 1 aromatic heterocycles. The summed E-state index contributed by atoms with van der Waals surface area (Å²) in [6.45, 7) is 2.45. The lowest BCUT2D eigenvalue weighted by Crippen LogP contribution is -2.38. The van der Waals surface area contributed by atoms with Crippen LogP contribution in [0, 0.1) is 13.8 Å². The molecule has 1 aromatic carbocycles. The second-order valence-corrected chi connectivity index (χ2v) is 5.63. The molecule has 0 fully saturated rings. The molecule has 5 nitrogen and oxygen atoms in total. The largest absolute Gasteiger partial charge is 0.356 e. The Morgan fingerprint density at radius 3 is 2.48 bits per heavy atom. The van der Waals surface area contributed by atoms with Crippen molar-refractivity contribution in [2.45, 2.75) is 33.4 Å². The van der Waals surface area contributed by atoms with Gasteiger partial charge in [-0.3, -0.25) is 9.56 Å². The van der Waals surface area contributed by atoms with Gasteiger partial charge in [0.15, 0.2) is 5.96 Å². The molecule has 0 radical (unpaired) electrons. The Kier molecular flexibility index (Phi) is 8.81. The first-order valence-corrected chi connectivity index (χ1v) is 7.81. The molecule has 2 aromatic rings. The minimum absolute atomic E-state index is 0. The van der Waals surface area contributed by atoms with Crippen LogP contribution in [0.2, 0.25) is 0 Å². The Morgan fingerprint density at radius 2 is 1.88 bits per heavy atom. The van der Waals surface area contributed by atoms with Crippen LogP contribution < -0.4 is 10.6 Å². The number of imidazole rings is 1. The molecule has 0 bridgehead atoms. The lowest BCUT2D eigenvalue weighted by molar-refractivity contribution is 0.0668. The Bertz CT molecular complexity index is 680. The molecule has 0 aliphatic heterocycles. The van der Waals surface area contributed by atoms with Gasteiger partial charge in [-0.05, 0) is 25.8 Å². The quantitative estimate of drug-likeness (QED) is 0.392. The van der Waals surface area contributed by atoms with E-state index in [0.717, 1.165) is 11.0 Å². The van der Waals surface area contributed by atoms with Gasteiger partial charge in [0.05, 0.1) is 6.54 Å². The topological polar surface area (TPSA) is 54.2 Å². The van der Waals surface area contributed by atoms with Crippen LogP contribution in [0.15, 0.2) is 35.6 Å².